The second-order valence-electron chi connectivity index (χ2n) is 4.47. The van der Waals surface area contributed by atoms with Crippen LogP contribution in [0.1, 0.15) is 31.6 Å². The molecule has 104 valence electrons. The fourth-order valence-electron chi connectivity index (χ4n) is 1.52. The molecule has 0 bridgehead atoms. The van der Waals surface area contributed by atoms with Gasteiger partial charge in [0.15, 0.2) is 5.96 Å². The van der Waals surface area contributed by atoms with E-state index < -0.39 is 0 Å². The number of hydrogen-bond acceptors (Lipinski definition) is 2. The highest BCUT2D eigenvalue weighted by Gasteiger charge is 1.99. The van der Waals surface area contributed by atoms with Gasteiger partial charge >= 0.3 is 0 Å². The highest BCUT2D eigenvalue weighted by atomic mass is 127. The van der Waals surface area contributed by atoms with Crippen LogP contribution < -0.4 is 10.6 Å². The van der Waals surface area contributed by atoms with Crippen molar-refractivity contribution in [1.29, 1.82) is 0 Å². The summed E-state index contributed by atoms with van der Waals surface area (Å²) in [6.07, 6.45) is 2.45. The van der Waals surface area contributed by atoms with Crippen LogP contribution in [-0.2, 0) is 6.54 Å². The number of hydrogen-bond donors (Lipinski definition) is 2. The predicted molar refractivity (Wildman–Crippen MR) is 92.0 cm³/mol. The first-order valence-electron chi connectivity index (χ1n) is 6.19. The number of thiophene rings is 1. The van der Waals surface area contributed by atoms with E-state index in [1.165, 1.54) is 17.7 Å². The fraction of sp³-hybridized carbons (Fsp3) is 0.615. The Balaban J connectivity index is 0.00000289. The fourth-order valence-corrected chi connectivity index (χ4v) is 2.17. The van der Waals surface area contributed by atoms with Gasteiger partial charge in [-0.25, -0.2) is 0 Å². The molecule has 5 heteroatoms. The van der Waals surface area contributed by atoms with E-state index in [4.69, 9.17) is 0 Å². The molecule has 0 aromatic carbocycles. The van der Waals surface area contributed by atoms with Crippen molar-refractivity contribution >= 4 is 41.3 Å². The SMILES string of the molecule is CN=C(NCCCC(C)C)NCc1cccs1.I. The van der Waals surface area contributed by atoms with Crippen LogP contribution in [0.3, 0.4) is 0 Å². The van der Waals surface area contributed by atoms with Gasteiger partial charge in [-0.3, -0.25) is 4.99 Å². The van der Waals surface area contributed by atoms with Crippen LogP contribution in [0.5, 0.6) is 0 Å². The summed E-state index contributed by atoms with van der Waals surface area (Å²) in [7, 11) is 1.81. The lowest BCUT2D eigenvalue weighted by molar-refractivity contribution is 0.549. The molecule has 0 aliphatic heterocycles. The van der Waals surface area contributed by atoms with E-state index in [0.29, 0.717) is 0 Å². The maximum Gasteiger partial charge on any atom is 0.191 e. The van der Waals surface area contributed by atoms with E-state index >= 15 is 0 Å². The summed E-state index contributed by atoms with van der Waals surface area (Å²) in [4.78, 5) is 5.53. The number of nitrogens with zero attached hydrogens (tertiary/aromatic N) is 1. The Morgan fingerprint density at radius 2 is 2.17 bits per heavy atom. The molecule has 3 nitrogen and oxygen atoms in total. The molecule has 18 heavy (non-hydrogen) atoms. The highest BCUT2D eigenvalue weighted by Crippen LogP contribution is 2.07. The normalized spacial score (nSPS) is 11.2. The molecule has 0 fully saturated rings. The van der Waals surface area contributed by atoms with Gasteiger partial charge in [0.05, 0.1) is 6.54 Å². The molecule has 1 aromatic heterocycles. The molecule has 0 radical (unpaired) electrons. The molecule has 1 heterocycles. The summed E-state index contributed by atoms with van der Waals surface area (Å²) in [5.74, 6) is 1.67. The Bertz CT molecular complexity index is 323. The van der Waals surface area contributed by atoms with Gasteiger partial charge in [-0.15, -0.1) is 35.3 Å². The third-order valence-corrected chi connectivity index (χ3v) is 3.36. The molecule has 0 saturated heterocycles. The number of halogens is 1. The maximum atomic E-state index is 4.20. The monoisotopic (exact) mass is 381 g/mol. The van der Waals surface area contributed by atoms with Crippen molar-refractivity contribution in [1.82, 2.24) is 10.6 Å². The second-order valence-corrected chi connectivity index (χ2v) is 5.50. The summed E-state index contributed by atoms with van der Waals surface area (Å²) < 4.78 is 0. The molecular formula is C13H24IN3S. The Kier molecular flexibility index (Phi) is 10.4. The van der Waals surface area contributed by atoms with Crippen LogP contribution in [0.15, 0.2) is 22.5 Å². The highest BCUT2D eigenvalue weighted by molar-refractivity contribution is 14.0. The first-order valence-corrected chi connectivity index (χ1v) is 7.07. The number of nitrogens with one attached hydrogen (secondary N) is 2. The Morgan fingerprint density at radius 3 is 2.72 bits per heavy atom. The standard InChI is InChI=1S/C13H23N3S.HI/c1-11(2)6-4-8-15-13(14-3)16-10-12-7-5-9-17-12;/h5,7,9,11H,4,6,8,10H2,1-3H3,(H2,14,15,16);1H. The summed E-state index contributed by atoms with van der Waals surface area (Å²) in [5.41, 5.74) is 0. The number of guanidine groups is 1. The smallest absolute Gasteiger partial charge is 0.191 e. The van der Waals surface area contributed by atoms with E-state index in [9.17, 15) is 0 Å². The van der Waals surface area contributed by atoms with Crippen molar-refractivity contribution in [3.8, 4) is 0 Å². The van der Waals surface area contributed by atoms with Gasteiger partial charge in [0, 0.05) is 18.5 Å². The zero-order valence-electron chi connectivity index (χ0n) is 11.4. The summed E-state index contributed by atoms with van der Waals surface area (Å²) in [6, 6.07) is 4.20. The minimum Gasteiger partial charge on any atom is -0.356 e. The molecule has 0 aliphatic rings. The molecule has 0 amide bonds. The van der Waals surface area contributed by atoms with E-state index in [0.717, 1.165) is 25.0 Å². The van der Waals surface area contributed by atoms with E-state index in [2.05, 4.69) is 47.0 Å². The average Bonchev–Trinajstić information content (AvgIpc) is 2.81. The third-order valence-electron chi connectivity index (χ3n) is 2.48. The molecular weight excluding hydrogens is 357 g/mol. The van der Waals surface area contributed by atoms with Gasteiger partial charge < -0.3 is 10.6 Å². The molecule has 0 atom stereocenters. The summed E-state index contributed by atoms with van der Waals surface area (Å²) in [5, 5.41) is 8.73. The quantitative estimate of drug-likeness (QED) is 0.343. The van der Waals surface area contributed by atoms with Crippen LogP contribution in [0.4, 0.5) is 0 Å². The van der Waals surface area contributed by atoms with Crippen molar-refractivity contribution in [3.63, 3.8) is 0 Å². The second kappa shape index (κ2) is 10.6. The molecule has 0 spiro atoms. The lowest BCUT2D eigenvalue weighted by Gasteiger charge is -2.11. The maximum absolute atomic E-state index is 4.20. The van der Waals surface area contributed by atoms with Gasteiger partial charge in [-0.05, 0) is 30.2 Å². The number of aliphatic imine (C=N–C) groups is 1. The molecule has 1 aromatic rings. The third kappa shape index (κ3) is 7.92. The first-order chi connectivity index (χ1) is 8.22. The van der Waals surface area contributed by atoms with Crippen molar-refractivity contribution < 1.29 is 0 Å². The lowest BCUT2D eigenvalue weighted by atomic mass is 10.1. The zero-order chi connectivity index (χ0) is 12.5. The number of rotatable bonds is 6. The predicted octanol–water partition coefficient (Wildman–Crippen LogP) is 3.47. The Morgan fingerprint density at radius 1 is 1.39 bits per heavy atom. The lowest BCUT2D eigenvalue weighted by Crippen LogP contribution is -2.37. The largest absolute Gasteiger partial charge is 0.356 e. The van der Waals surface area contributed by atoms with Crippen LogP contribution in [-0.4, -0.2) is 19.6 Å². The van der Waals surface area contributed by atoms with Gasteiger partial charge in [0.2, 0.25) is 0 Å². The Hall–Kier alpha value is -0.300. The van der Waals surface area contributed by atoms with Crippen molar-refractivity contribution in [3.05, 3.63) is 22.4 Å². The molecule has 0 aliphatic carbocycles. The Labute approximate surface area is 131 Å². The topological polar surface area (TPSA) is 36.4 Å². The van der Waals surface area contributed by atoms with Gasteiger partial charge in [-0.2, -0.15) is 0 Å². The summed E-state index contributed by atoms with van der Waals surface area (Å²) >= 11 is 1.76. The van der Waals surface area contributed by atoms with Gasteiger partial charge in [-0.1, -0.05) is 19.9 Å². The van der Waals surface area contributed by atoms with Crippen LogP contribution >= 0.6 is 35.3 Å². The van der Waals surface area contributed by atoms with E-state index in [1.807, 2.05) is 7.05 Å². The molecule has 2 N–H and O–H groups in total. The zero-order valence-corrected chi connectivity index (χ0v) is 14.5. The molecule has 0 saturated carbocycles. The van der Waals surface area contributed by atoms with E-state index in [1.54, 1.807) is 11.3 Å². The average molecular weight is 381 g/mol. The summed E-state index contributed by atoms with van der Waals surface area (Å²) in [6.45, 7) is 6.34. The van der Waals surface area contributed by atoms with Crippen LogP contribution in [0.25, 0.3) is 0 Å². The van der Waals surface area contributed by atoms with Crippen molar-refractivity contribution in [2.75, 3.05) is 13.6 Å². The minimum atomic E-state index is 0. The van der Waals surface area contributed by atoms with E-state index in [-0.39, 0.29) is 24.0 Å². The molecule has 1 rings (SSSR count). The van der Waals surface area contributed by atoms with Gasteiger partial charge in [0.25, 0.3) is 0 Å². The molecule has 0 unspecified atom stereocenters. The minimum absolute atomic E-state index is 0. The van der Waals surface area contributed by atoms with Crippen LogP contribution in [0, 0.1) is 5.92 Å². The van der Waals surface area contributed by atoms with Crippen molar-refractivity contribution in [2.45, 2.75) is 33.2 Å². The van der Waals surface area contributed by atoms with Gasteiger partial charge in [0.1, 0.15) is 0 Å². The van der Waals surface area contributed by atoms with Crippen molar-refractivity contribution in [2.24, 2.45) is 10.9 Å². The van der Waals surface area contributed by atoms with Crippen LogP contribution in [0.2, 0.25) is 0 Å². The first kappa shape index (κ1) is 17.7.